The predicted octanol–water partition coefficient (Wildman–Crippen LogP) is 2.95. The van der Waals surface area contributed by atoms with E-state index in [1.807, 2.05) is 0 Å². The lowest BCUT2D eigenvalue weighted by atomic mass is 9.95. The van der Waals surface area contributed by atoms with E-state index >= 15 is 0 Å². The summed E-state index contributed by atoms with van der Waals surface area (Å²) in [7, 11) is 0. The Morgan fingerprint density at radius 2 is 2.24 bits per heavy atom. The van der Waals surface area contributed by atoms with E-state index in [4.69, 9.17) is 11.6 Å². The molecule has 1 aromatic carbocycles. The maximum Gasteiger partial charge on any atom is 0.274 e. The largest absolute Gasteiger partial charge is 0.393 e. The van der Waals surface area contributed by atoms with Crippen molar-refractivity contribution in [2.24, 2.45) is 5.92 Å². The van der Waals surface area contributed by atoms with Gasteiger partial charge in [-0.25, -0.2) is 0 Å². The van der Waals surface area contributed by atoms with Crippen LogP contribution in [-0.4, -0.2) is 16.1 Å². The van der Waals surface area contributed by atoms with Gasteiger partial charge >= 0.3 is 0 Å². The van der Waals surface area contributed by atoms with Crippen LogP contribution in [0, 0.1) is 16.0 Å². The minimum atomic E-state index is -0.414. The van der Waals surface area contributed by atoms with Crippen LogP contribution in [-0.2, 0) is 6.42 Å². The maximum atomic E-state index is 10.9. The van der Waals surface area contributed by atoms with Gasteiger partial charge in [-0.2, -0.15) is 0 Å². The zero-order valence-electron chi connectivity index (χ0n) is 9.30. The number of nitro groups is 1. The Balaban J connectivity index is 2.22. The van der Waals surface area contributed by atoms with E-state index < -0.39 is 4.92 Å². The van der Waals surface area contributed by atoms with Crippen molar-refractivity contribution in [3.8, 4) is 0 Å². The highest BCUT2D eigenvalue weighted by molar-refractivity contribution is 6.30. The van der Waals surface area contributed by atoms with Gasteiger partial charge in [0.05, 0.1) is 11.0 Å². The minimum absolute atomic E-state index is 0.0524. The predicted molar refractivity (Wildman–Crippen MR) is 65.2 cm³/mol. The summed E-state index contributed by atoms with van der Waals surface area (Å²) in [5, 5.41) is 21.0. The molecule has 5 heteroatoms. The molecule has 92 valence electrons. The van der Waals surface area contributed by atoms with Crippen LogP contribution < -0.4 is 0 Å². The molecular weight excluding hydrogens is 242 g/mol. The van der Waals surface area contributed by atoms with Gasteiger partial charge in [0.15, 0.2) is 0 Å². The summed E-state index contributed by atoms with van der Waals surface area (Å²) in [5.41, 5.74) is 0.710. The first-order chi connectivity index (χ1) is 8.08. The summed E-state index contributed by atoms with van der Waals surface area (Å²) in [5.74, 6) is 0.134. The van der Waals surface area contributed by atoms with Crippen LogP contribution in [0.3, 0.4) is 0 Å². The lowest BCUT2D eigenvalue weighted by molar-refractivity contribution is -0.385. The highest BCUT2D eigenvalue weighted by Crippen LogP contribution is 2.32. The topological polar surface area (TPSA) is 63.4 Å². The Morgan fingerprint density at radius 3 is 2.82 bits per heavy atom. The van der Waals surface area contributed by atoms with Gasteiger partial charge in [-0.15, -0.1) is 0 Å². The summed E-state index contributed by atoms with van der Waals surface area (Å²) < 4.78 is 0. The summed E-state index contributed by atoms with van der Waals surface area (Å²) in [4.78, 5) is 10.5. The Morgan fingerprint density at radius 1 is 1.47 bits per heavy atom. The lowest BCUT2D eigenvalue weighted by Gasteiger charge is -2.14. The van der Waals surface area contributed by atoms with Gasteiger partial charge in [-0.3, -0.25) is 10.1 Å². The molecule has 2 rings (SSSR count). The Labute approximate surface area is 104 Å². The standard InChI is InChI=1S/C12H14ClNO3/c13-10-5-4-8(11(7-10)14(16)17)6-9-2-1-3-12(9)15/h4-5,7,9,12,15H,1-3,6H2. The molecule has 0 radical (unpaired) electrons. The quantitative estimate of drug-likeness (QED) is 0.667. The molecular formula is C12H14ClNO3. The fraction of sp³-hybridized carbons (Fsp3) is 0.500. The second-order valence-electron chi connectivity index (χ2n) is 4.49. The molecule has 1 N–H and O–H groups in total. The highest BCUT2D eigenvalue weighted by atomic mass is 35.5. The van der Waals surface area contributed by atoms with Crippen LogP contribution in [0.2, 0.25) is 5.02 Å². The summed E-state index contributed by atoms with van der Waals surface area (Å²) in [6, 6.07) is 4.72. The van der Waals surface area contributed by atoms with Crippen LogP contribution >= 0.6 is 11.6 Å². The average molecular weight is 256 g/mol. The molecule has 0 aromatic heterocycles. The molecule has 17 heavy (non-hydrogen) atoms. The molecule has 1 aromatic rings. The molecule has 1 aliphatic carbocycles. The number of benzene rings is 1. The molecule has 0 heterocycles. The smallest absolute Gasteiger partial charge is 0.274 e. The Kier molecular flexibility index (Phi) is 3.64. The third kappa shape index (κ3) is 2.76. The van der Waals surface area contributed by atoms with Crippen molar-refractivity contribution >= 4 is 17.3 Å². The molecule has 2 unspecified atom stereocenters. The van der Waals surface area contributed by atoms with Crippen LogP contribution in [0.5, 0.6) is 0 Å². The maximum absolute atomic E-state index is 10.9. The van der Waals surface area contributed by atoms with Crippen molar-refractivity contribution < 1.29 is 10.0 Å². The van der Waals surface area contributed by atoms with E-state index in [2.05, 4.69) is 0 Å². The van der Waals surface area contributed by atoms with Gasteiger partial charge in [-0.1, -0.05) is 24.1 Å². The number of nitro benzene ring substituents is 1. The molecule has 0 saturated heterocycles. The molecule has 0 bridgehead atoms. The molecule has 1 saturated carbocycles. The van der Waals surface area contributed by atoms with Gasteiger partial charge in [0, 0.05) is 16.7 Å². The normalized spacial score (nSPS) is 23.9. The van der Waals surface area contributed by atoms with Crippen LogP contribution in [0.15, 0.2) is 18.2 Å². The first-order valence-corrected chi connectivity index (χ1v) is 6.06. The van der Waals surface area contributed by atoms with Gasteiger partial charge in [0.25, 0.3) is 5.69 Å². The number of hydrogen-bond donors (Lipinski definition) is 1. The SMILES string of the molecule is O=[N+]([O-])c1cc(Cl)ccc1CC1CCCC1O. The van der Waals surface area contributed by atoms with Gasteiger partial charge in [-0.05, 0) is 31.2 Å². The number of nitrogens with zero attached hydrogens (tertiary/aromatic N) is 1. The first-order valence-electron chi connectivity index (χ1n) is 5.69. The monoisotopic (exact) mass is 255 g/mol. The van der Waals surface area contributed by atoms with Crippen molar-refractivity contribution in [1.82, 2.24) is 0 Å². The second-order valence-corrected chi connectivity index (χ2v) is 4.93. The van der Waals surface area contributed by atoms with Gasteiger partial charge in [0.1, 0.15) is 0 Å². The molecule has 0 aliphatic heterocycles. The van der Waals surface area contributed by atoms with Crippen molar-refractivity contribution in [2.45, 2.75) is 31.8 Å². The number of aliphatic hydroxyl groups excluding tert-OH is 1. The summed E-state index contributed by atoms with van der Waals surface area (Å²) in [6.45, 7) is 0. The molecule has 2 atom stereocenters. The van der Waals surface area contributed by atoms with Crippen LogP contribution in [0.25, 0.3) is 0 Å². The van der Waals surface area contributed by atoms with Crippen molar-refractivity contribution in [3.05, 3.63) is 38.9 Å². The molecule has 0 spiro atoms. The van der Waals surface area contributed by atoms with E-state index in [0.717, 1.165) is 19.3 Å². The van der Waals surface area contributed by atoms with E-state index in [0.29, 0.717) is 17.0 Å². The summed E-state index contributed by atoms with van der Waals surface area (Å²) in [6.07, 6.45) is 2.94. The van der Waals surface area contributed by atoms with Crippen molar-refractivity contribution in [1.29, 1.82) is 0 Å². The van der Waals surface area contributed by atoms with Gasteiger partial charge in [0.2, 0.25) is 0 Å². The van der Waals surface area contributed by atoms with Crippen LogP contribution in [0.1, 0.15) is 24.8 Å². The molecule has 1 fully saturated rings. The number of rotatable bonds is 3. The lowest BCUT2D eigenvalue weighted by Crippen LogP contribution is -2.16. The molecule has 0 amide bonds. The fourth-order valence-corrected chi connectivity index (χ4v) is 2.58. The third-order valence-corrected chi connectivity index (χ3v) is 3.58. The second kappa shape index (κ2) is 5.02. The summed E-state index contributed by atoms with van der Waals surface area (Å²) >= 11 is 5.75. The first kappa shape index (κ1) is 12.3. The minimum Gasteiger partial charge on any atom is -0.393 e. The molecule has 4 nitrogen and oxygen atoms in total. The van der Waals surface area contributed by atoms with E-state index in [9.17, 15) is 15.2 Å². The highest BCUT2D eigenvalue weighted by Gasteiger charge is 2.27. The number of halogens is 1. The van der Waals surface area contributed by atoms with Crippen molar-refractivity contribution in [2.75, 3.05) is 0 Å². The third-order valence-electron chi connectivity index (χ3n) is 3.35. The Hall–Kier alpha value is -1.13. The molecule has 1 aliphatic rings. The number of hydrogen-bond acceptors (Lipinski definition) is 3. The van der Waals surface area contributed by atoms with Crippen LogP contribution in [0.4, 0.5) is 5.69 Å². The fourth-order valence-electron chi connectivity index (χ4n) is 2.42. The van der Waals surface area contributed by atoms with E-state index in [-0.39, 0.29) is 17.7 Å². The zero-order chi connectivity index (χ0) is 12.4. The Bertz CT molecular complexity index is 436. The number of aliphatic hydroxyl groups is 1. The average Bonchev–Trinajstić information content (AvgIpc) is 2.67. The zero-order valence-corrected chi connectivity index (χ0v) is 10.1. The van der Waals surface area contributed by atoms with Crippen molar-refractivity contribution in [3.63, 3.8) is 0 Å². The van der Waals surface area contributed by atoms with E-state index in [1.54, 1.807) is 12.1 Å². The van der Waals surface area contributed by atoms with E-state index in [1.165, 1.54) is 6.07 Å². The van der Waals surface area contributed by atoms with Gasteiger partial charge < -0.3 is 5.11 Å².